The zero-order valence-corrected chi connectivity index (χ0v) is 12.5. The first-order chi connectivity index (χ1) is 10.8. The number of methoxy groups -OCH3 is 1. The smallest absolute Gasteiger partial charge is 0.337 e. The van der Waals surface area contributed by atoms with Gasteiger partial charge in [-0.15, -0.1) is 0 Å². The molecule has 1 N–H and O–H groups in total. The number of halogens is 3. The average molecular weight is 345 g/mol. The first kappa shape index (κ1) is 16.8. The lowest BCUT2D eigenvalue weighted by Crippen LogP contribution is -2.17. The van der Waals surface area contributed by atoms with Crippen LogP contribution in [-0.4, -0.2) is 21.5 Å². The van der Waals surface area contributed by atoms with Crippen LogP contribution in [0.25, 0.3) is 0 Å². The number of anilines is 1. The molecule has 0 atom stereocenters. The van der Waals surface area contributed by atoms with Crippen molar-refractivity contribution in [3.8, 4) is 0 Å². The van der Waals surface area contributed by atoms with E-state index in [9.17, 15) is 26.4 Å². The van der Waals surface area contributed by atoms with Gasteiger partial charge in [0, 0.05) is 0 Å². The minimum atomic E-state index is -4.67. The number of hydrogen-bond acceptors (Lipinski definition) is 4. The summed E-state index contributed by atoms with van der Waals surface area (Å²) < 4.78 is 71.2. The Morgan fingerprint density at radius 3 is 2.22 bits per heavy atom. The number of para-hydroxylation sites is 1. The molecule has 0 aliphatic heterocycles. The molecule has 0 aromatic heterocycles. The molecule has 23 heavy (non-hydrogen) atoms. The lowest BCUT2D eigenvalue weighted by atomic mass is 10.2. The Morgan fingerprint density at radius 1 is 1.04 bits per heavy atom. The molecule has 0 amide bonds. The summed E-state index contributed by atoms with van der Waals surface area (Å²) >= 11 is 0. The molecule has 2 aromatic rings. The molecule has 122 valence electrons. The number of benzene rings is 2. The molecule has 2 rings (SSSR count). The summed E-state index contributed by atoms with van der Waals surface area (Å²) in [6.45, 7) is 0. The van der Waals surface area contributed by atoms with Crippen molar-refractivity contribution in [1.29, 1.82) is 0 Å². The summed E-state index contributed by atoms with van der Waals surface area (Å²) in [7, 11) is -3.60. The van der Waals surface area contributed by atoms with Gasteiger partial charge < -0.3 is 4.74 Å². The molecule has 0 heterocycles. The van der Waals surface area contributed by atoms with Crippen molar-refractivity contribution in [2.75, 3.05) is 11.8 Å². The Hall–Kier alpha value is -2.55. The molecule has 0 saturated heterocycles. The molecule has 0 bridgehead atoms. The Kier molecular flexibility index (Phi) is 4.60. The van der Waals surface area contributed by atoms with Crippen LogP contribution in [0.4, 0.5) is 18.9 Å². The van der Waals surface area contributed by atoms with E-state index in [2.05, 4.69) is 4.74 Å². The maximum Gasteiger partial charge on any atom is 0.337 e. The lowest BCUT2D eigenvalue weighted by Gasteiger charge is -2.11. The van der Waals surface area contributed by atoms with E-state index in [4.69, 9.17) is 0 Å². The quantitative estimate of drug-likeness (QED) is 0.865. The topological polar surface area (TPSA) is 72.5 Å². The van der Waals surface area contributed by atoms with Gasteiger partial charge in [0.1, 0.15) is 28.0 Å². The Labute approximate surface area is 129 Å². The second-order valence-corrected chi connectivity index (χ2v) is 5.99. The molecule has 0 aliphatic carbocycles. The average Bonchev–Trinajstić information content (AvgIpc) is 2.50. The first-order valence-corrected chi connectivity index (χ1v) is 7.59. The van der Waals surface area contributed by atoms with E-state index >= 15 is 0 Å². The van der Waals surface area contributed by atoms with Crippen LogP contribution in [0.1, 0.15) is 10.4 Å². The standard InChI is InChI=1S/C14H10F3NO4S/c1-22-14(19)8-5-6-9(15)12(7-8)23(20,21)18-13-10(16)3-2-4-11(13)17/h2-7,18H,1H3. The fourth-order valence-electron chi connectivity index (χ4n) is 1.74. The Balaban J connectivity index is 2.50. The van der Waals surface area contributed by atoms with Gasteiger partial charge >= 0.3 is 5.97 Å². The first-order valence-electron chi connectivity index (χ1n) is 6.11. The normalized spacial score (nSPS) is 11.1. The maximum absolute atomic E-state index is 13.8. The summed E-state index contributed by atoms with van der Waals surface area (Å²) in [6, 6.07) is 5.18. The minimum Gasteiger partial charge on any atom is -0.465 e. The molecule has 2 aromatic carbocycles. The number of hydrogen-bond donors (Lipinski definition) is 1. The van der Waals surface area contributed by atoms with Gasteiger partial charge in [0.2, 0.25) is 0 Å². The number of nitrogens with one attached hydrogen (secondary N) is 1. The molecule has 0 spiro atoms. The number of ether oxygens (including phenoxy) is 1. The van der Waals surface area contributed by atoms with Crippen LogP contribution in [0.3, 0.4) is 0 Å². The number of esters is 1. The Morgan fingerprint density at radius 2 is 1.65 bits per heavy atom. The van der Waals surface area contributed by atoms with Gasteiger partial charge in [-0.1, -0.05) is 6.07 Å². The van der Waals surface area contributed by atoms with Crippen LogP contribution in [0.15, 0.2) is 41.3 Å². The highest BCUT2D eigenvalue weighted by molar-refractivity contribution is 7.92. The van der Waals surface area contributed by atoms with Crippen LogP contribution in [0, 0.1) is 17.5 Å². The van der Waals surface area contributed by atoms with Gasteiger partial charge in [0.05, 0.1) is 12.7 Å². The predicted molar refractivity (Wildman–Crippen MR) is 74.9 cm³/mol. The molecular formula is C14H10F3NO4S. The van der Waals surface area contributed by atoms with Crippen LogP contribution >= 0.6 is 0 Å². The van der Waals surface area contributed by atoms with Gasteiger partial charge in [-0.25, -0.2) is 26.4 Å². The van der Waals surface area contributed by atoms with Crippen molar-refractivity contribution >= 4 is 21.7 Å². The number of carbonyl (C=O) groups excluding carboxylic acids is 1. The van der Waals surface area contributed by atoms with Gasteiger partial charge in [-0.2, -0.15) is 0 Å². The third-order valence-electron chi connectivity index (χ3n) is 2.84. The van der Waals surface area contributed by atoms with Crippen LogP contribution < -0.4 is 4.72 Å². The zero-order valence-electron chi connectivity index (χ0n) is 11.6. The molecule has 0 radical (unpaired) electrons. The highest BCUT2D eigenvalue weighted by atomic mass is 32.2. The van der Waals surface area contributed by atoms with Crippen molar-refractivity contribution in [1.82, 2.24) is 0 Å². The van der Waals surface area contributed by atoms with Crippen molar-refractivity contribution < 1.29 is 31.1 Å². The second-order valence-electron chi connectivity index (χ2n) is 4.34. The summed E-state index contributed by atoms with van der Waals surface area (Å²) in [6.07, 6.45) is 0. The van der Waals surface area contributed by atoms with E-state index in [1.807, 2.05) is 0 Å². The van der Waals surface area contributed by atoms with E-state index in [0.717, 1.165) is 37.4 Å². The molecule has 0 unspecified atom stereocenters. The van der Waals surface area contributed by atoms with Crippen LogP contribution in [0.5, 0.6) is 0 Å². The van der Waals surface area contributed by atoms with E-state index in [0.29, 0.717) is 6.07 Å². The lowest BCUT2D eigenvalue weighted by molar-refractivity contribution is 0.0600. The summed E-state index contributed by atoms with van der Waals surface area (Å²) in [4.78, 5) is 10.4. The van der Waals surface area contributed by atoms with Gasteiger partial charge in [-0.05, 0) is 30.3 Å². The van der Waals surface area contributed by atoms with E-state index in [-0.39, 0.29) is 5.56 Å². The van der Waals surface area contributed by atoms with E-state index in [1.165, 1.54) is 0 Å². The Bertz CT molecular complexity index is 848. The van der Waals surface area contributed by atoms with Crippen LogP contribution in [0.2, 0.25) is 0 Å². The number of sulfonamides is 1. The van der Waals surface area contributed by atoms with Crippen LogP contribution in [-0.2, 0) is 14.8 Å². The second kappa shape index (κ2) is 6.29. The van der Waals surface area contributed by atoms with Gasteiger partial charge in [0.25, 0.3) is 10.0 Å². The predicted octanol–water partition coefficient (Wildman–Crippen LogP) is 2.69. The largest absolute Gasteiger partial charge is 0.465 e. The SMILES string of the molecule is COC(=O)c1ccc(F)c(S(=O)(=O)Nc2c(F)cccc2F)c1. The summed E-state index contributed by atoms with van der Waals surface area (Å²) in [5.74, 6) is -4.42. The van der Waals surface area contributed by atoms with Gasteiger partial charge in [0.15, 0.2) is 0 Å². The molecule has 0 aliphatic rings. The molecule has 0 saturated carbocycles. The van der Waals surface area contributed by atoms with Crippen molar-refractivity contribution in [2.24, 2.45) is 0 Å². The maximum atomic E-state index is 13.8. The third-order valence-corrected chi connectivity index (χ3v) is 4.21. The monoisotopic (exact) mass is 345 g/mol. The van der Waals surface area contributed by atoms with E-state index < -0.39 is 44.0 Å². The molecule has 9 heteroatoms. The summed E-state index contributed by atoms with van der Waals surface area (Å²) in [5.41, 5.74) is -1.18. The van der Waals surface area contributed by atoms with Crippen molar-refractivity contribution in [3.05, 3.63) is 59.4 Å². The fraction of sp³-hybridized carbons (Fsp3) is 0.0714. The molecular weight excluding hydrogens is 335 g/mol. The molecule has 0 fully saturated rings. The number of carbonyl (C=O) groups is 1. The fourth-order valence-corrected chi connectivity index (χ4v) is 2.92. The number of rotatable bonds is 4. The third kappa shape index (κ3) is 3.45. The zero-order chi connectivity index (χ0) is 17.2. The molecule has 5 nitrogen and oxygen atoms in total. The van der Waals surface area contributed by atoms with Crippen molar-refractivity contribution in [2.45, 2.75) is 4.90 Å². The minimum absolute atomic E-state index is 0.233. The summed E-state index contributed by atoms with van der Waals surface area (Å²) in [5, 5.41) is 0. The van der Waals surface area contributed by atoms with E-state index in [1.54, 1.807) is 4.72 Å². The van der Waals surface area contributed by atoms with Crippen molar-refractivity contribution in [3.63, 3.8) is 0 Å². The highest BCUT2D eigenvalue weighted by Gasteiger charge is 2.24. The highest BCUT2D eigenvalue weighted by Crippen LogP contribution is 2.24. The van der Waals surface area contributed by atoms with Gasteiger partial charge in [-0.3, -0.25) is 4.72 Å².